The molecule has 150 valence electrons. The number of carboxylic acids is 1. The number of ether oxygens (including phenoxy) is 2. The van der Waals surface area contributed by atoms with Gasteiger partial charge in [0.1, 0.15) is 6.61 Å². The van der Waals surface area contributed by atoms with Gasteiger partial charge in [-0.15, -0.1) is 0 Å². The number of para-hydroxylation sites is 1. The maximum atomic E-state index is 12.0. The van der Waals surface area contributed by atoms with Gasteiger partial charge in [0.2, 0.25) is 0 Å². The molecule has 0 amide bonds. The van der Waals surface area contributed by atoms with Gasteiger partial charge in [0.05, 0.1) is 5.52 Å². The third kappa shape index (κ3) is 5.14. The lowest BCUT2D eigenvalue weighted by atomic mass is 10.2. The number of benzene rings is 2. The summed E-state index contributed by atoms with van der Waals surface area (Å²) < 4.78 is 12.9. The molecule has 0 bridgehead atoms. The number of aromatic nitrogens is 1. The van der Waals surface area contributed by atoms with Crippen molar-refractivity contribution in [3.63, 3.8) is 0 Å². The third-order valence-electron chi connectivity index (χ3n) is 4.33. The van der Waals surface area contributed by atoms with Crippen LogP contribution in [-0.4, -0.2) is 29.4 Å². The molecule has 0 fully saturated rings. The molecule has 3 rings (SSSR count). The Morgan fingerprint density at radius 1 is 1.00 bits per heavy atom. The second-order valence-electron chi connectivity index (χ2n) is 6.13. The lowest BCUT2D eigenvalue weighted by Crippen LogP contribution is -2.11. The summed E-state index contributed by atoms with van der Waals surface area (Å²) in [5, 5.41) is 10.6. The van der Waals surface area contributed by atoms with Crippen molar-refractivity contribution in [2.75, 3.05) is 13.7 Å². The zero-order valence-corrected chi connectivity index (χ0v) is 16.9. The van der Waals surface area contributed by atoms with Crippen LogP contribution in [0.2, 0.25) is 0 Å². The molecule has 0 atom stereocenters. The number of hydrogen-bond donors (Lipinski definition) is 1. The van der Waals surface area contributed by atoms with Crippen LogP contribution in [-0.2, 0) is 17.9 Å². The molecule has 0 spiro atoms. The summed E-state index contributed by atoms with van der Waals surface area (Å²) in [7, 11) is 1.67. The number of aryl methyl sites for hydroxylation is 1. The predicted molar refractivity (Wildman–Crippen MR) is 112 cm³/mol. The first kappa shape index (κ1) is 21.5. The van der Waals surface area contributed by atoms with Crippen LogP contribution in [0.15, 0.2) is 54.6 Å². The highest BCUT2D eigenvalue weighted by atomic mass is 16.5. The van der Waals surface area contributed by atoms with Crippen LogP contribution in [0.3, 0.4) is 0 Å². The Hall–Kier alpha value is -2.79. The summed E-state index contributed by atoms with van der Waals surface area (Å²) >= 11 is 0. The minimum Gasteiger partial charge on any atom is -0.486 e. The molecule has 1 N–H and O–H groups in total. The van der Waals surface area contributed by atoms with Crippen LogP contribution >= 0.6 is 0 Å². The summed E-state index contributed by atoms with van der Waals surface area (Å²) in [5.74, 6) is -0.542. The average Bonchev–Trinajstić information content (AvgIpc) is 3.06. The summed E-state index contributed by atoms with van der Waals surface area (Å²) in [6.45, 7) is 5.61. The molecule has 0 saturated heterocycles. The number of unbranched alkanes of at least 4 members (excludes halogenated alkanes) is 1. The quantitative estimate of drug-likeness (QED) is 0.505. The molecule has 5 heteroatoms. The van der Waals surface area contributed by atoms with E-state index in [1.54, 1.807) is 7.11 Å². The number of rotatable bonds is 9. The molecule has 1 aromatic heterocycles. The third-order valence-corrected chi connectivity index (χ3v) is 4.33. The van der Waals surface area contributed by atoms with Gasteiger partial charge in [-0.2, -0.15) is 0 Å². The van der Waals surface area contributed by atoms with Crippen molar-refractivity contribution in [1.29, 1.82) is 0 Å². The lowest BCUT2D eigenvalue weighted by Gasteiger charge is -2.10. The minimum atomic E-state index is -0.976. The van der Waals surface area contributed by atoms with Gasteiger partial charge >= 0.3 is 5.97 Å². The molecular weight excluding hydrogens is 354 g/mol. The van der Waals surface area contributed by atoms with E-state index >= 15 is 0 Å². The van der Waals surface area contributed by atoms with Gasteiger partial charge in [-0.05, 0) is 30.5 Å². The topological polar surface area (TPSA) is 60.7 Å². The SMILES string of the molecule is CC.COCCCCn1c(C(=O)O)c(OCc2ccccc2)c2ccccc21. The van der Waals surface area contributed by atoms with Crippen molar-refractivity contribution in [3.8, 4) is 5.75 Å². The number of carboxylic acid groups (broad SMARTS) is 1. The normalized spacial score (nSPS) is 10.4. The van der Waals surface area contributed by atoms with E-state index in [9.17, 15) is 9.90 Å². The van der Waals surface area contributed by atoms with Crippen LogP contribution in [0.5, 0.6) is 5.75 Å². The largest absolute Gasteiger partial charge is 0.486 e. The maximum Gasteiger partial charge on any atom is 0.356 e. The van der Waals surface area contributed by atoms with E-state index in [-0.39, 0.29) is 5.69 Å². The van der Waals surface area contributed by atoms with Crippen LogP contribution < -0.4 is 4.74 Å². The molecule has 3 aromatic rings. The fraction of sp³-hybridized carbons (Fsp3) is 0.348. The Bertz CT molecular complexity index is 871. The van der Waals surface area contributed by atoms with Crippen molar-refractivity contribution in [1.82, 2.24) is 4.57 Å². The lowest BCUT2D eigenvalue weighted by molar-refractivity contribution is 0.0680. The van der Waals surface area contributed by atoms with Gasteiger partial charge in [0.15, 0.2) is 11.4 Å². The van der Waals surface area contributed by atoms with Gasteiger partial charge in [0, 0.05) is 25.6 Å². The van der Waals surface area contributed by atoms with Crippen molar-refractivity contribution in [2.45, 2.75) is 39.8 Å². The Labute approximate surface area is 166 Å². The molecule has 0 saturated carbocycles. The number of nitrogens with zero attached hydrogens (tertiary/aromatic N) is 1. The summed E-state index contributed by atoms with van der Waals surface area (Å²) in [5.41, 5.74) is 2.09. The highest BCUT2D eigenvalue weighted by Gasteiger charge is 2.23. The molecule has 5 nitrogen and oxygen atoms in total. The number of methoxy groups -OCH3 is 1. The minimum absolute atomic E-state index is 0.208. The average molecular weight is 383 g/mol. The predicted octanol–water partition coefficient (Wildman–Crippen LogP) is 5.37. The van der Waals surface area contributed by atoms with Crippen LogP contribution in [0.4, 0.5) is 0 Å². The molecular formula is C23H29NO4. The Morgan fingerprint density at radius 3 is 2.36 bits per heavy atom. The number of aromatic carboxylic acids is 1. The Kier molecular flexibility index (Phi) is 8.56. The monoisotopic (exact) mass is 383 g/mol. The van der Waals surface area contributed by atoms with Crippen LogP contribution in [0.25, 0.3) is 10.9 Å². The fourth-order valence-electron chi connectivity index (χ4n) is 3.11. The van der Waals surface area contributed by atoms with Gasteiger partial charge < -0.3 is 19.1 Å². The Morgan fingerprint density at radius 2 is 1.68 bits per heavy atom. The van der Waals surface area contributed by atoms with Gasteiger partial charge in [-0.1, -0.05) is 56.3 Å². The van der Waals surface area contributed by atoms with E-state index in [4.69, 9.17) is 9.47 Å². The van der Waals surface area contributed by atoms with Crippen molar-refractivity contribution in [2.24, 2.45) is 0 Å². The smallest absolute Gasteiger partial charge is 0.356 e. The van der Waals surface area contributed by atoms with Gasteiger partial charge in [-0.3, -0.25) is 0 Å². The van der Waals surface area contributed by atoms with Crippen LogP contribution in [0.1, 0.15) is 42.7 Å². The first-order valence-corrected chi connectivity index (χ1v) is 9.72. The molecule has 0 aliphatic heterocycles. The zero-order chi connectivity index (χ0) is 20.4. The Balaban J connectivity index is 0.00000136. The fourth-order valence-corrected chi connectivity index (χ4v) is 3.11. The van der Waals surface area contributed by atoms with E-state index in [0.29, 0.717) is 25.5 Å². The second-order valence-corrected chi connectivity index (χ2v) is 6.13. The van der Waals surface area contributed by atoms with Gasteiger partial charge in [-0.25, -0.2) is 4.79 Å². The molecule has 2 aromatic carbocycles. The maximum absolute atomic E-state index is 12.0. The zero-order valence-electron chi connectivity index (χ0n) is 16.9. The molecule has 0 unspecified atom stereocenters. The molecule has 0 radical (unpaired) electrons. The molecule has 0 aliphatic rings. The van der Waals surface area contributed by atoms with E-state index in [0.717, 1.165) is 29.3 Å². The number of hydrogen-bond acceptors (Lipinski definition) is 3. The first-order chi connectivity index (χ1) is 13.7. The molecule has 1 heterocycles. The second kappa shape index (κ2) is 11.1. The van der Waals surface area contributed by atoms with Crippen molar-refractivity contribution in [3.05, 3.63) is 65.9 Å². The molecule has 28 heavy (non-hydrogen) atoms. The highest BCUT2D eigenvalue weighted by molar-refractivity contribution is 6.01. The van der Waals surface area contributed by atoms with E-state index in [1.165, 1.54) is 0 Å². The highest BCUT2D eigenvalue weighted by Crippen LogP contribution is 2.34. The summed E-state index contributed by atoms with van der Waals surface area (Å²) in [4.78, 5) is 12.0. The molecule has 0 aliphatic carbocycles. The van der Waals surface area contributed by atoms with E-state index in [2.05, 4.69) is 0 Å². The van der Waals surface area contributed by atoms with E-state index < -0.39 is 5.97 Å². The summed E-state index contributed by atoms with van der Waals surface area (Å²) in [6.07, 6.45) is 1.72. The van der Waals surface area contributed by atoms with E-state index in [1.807, 2.05) is 73.0 Å². The summed E-state index contributed by atoms with van der Waals surface area (Å²) in [6, 6.07) is 17.4. The number of carbonyl (C=O) groups is 1. The van der Waals surface area contributed by atoms with Gasteiger partial charge in [0.25, 0.3) is 0 Å². The first-order valence-electron chi connectivity index (χ1n) is 9.72. The standard InChI is InChI=1S/C21H23NO4.C2H6/c1-25-14-8-7-13-22-18-12-6-5-11-17(18)20(19(22)21(23)24)26-15-16-9-3-2-4-10-16;1-2/h2-6,9-12H,7-8,13-15H2,1H3,(H,23,24);1-2H3. The number of fused-ring (bicyclic) bond motifs is 1. The van der Waals surface area contributed by atoms with Crippen molar-refractivity contribution < 1.29 is 19.4 Å². The van der Waals surface area contributed by atoms with Crippen molar-refractivity contribution >= 4 is 16.9 Å². The van der Waals surface area contributed by atoms with Crippen LogP contribution in [0, 0.1) is 0 Å².